The average Bonchev–Trinajstić information content (AvgIpc) is 2.27. The molecular formula is C10H18N2O3. The van der Waals surface area contributed by atoms with Gasteiger partial charge >= 0.3 is 12.0 Å². The molecule has 0 spiro atoms. The first-order valence-electron chi connectivity index (χ1n) is 5.30. The summed E-state index contributed by atoms with van der Waals surface area (Å²) in [4.78, 5) is 22.2. The van der Waals surface area contributed by atoms with Crippen LogP contribution in [0.25, 0.3) is 0 Å². The van der Waals surface area contributed by atoms with Crippen molar-refractivity contribution in [2.45, 2.75) is 32.1 Å². The Morgan fingerprint density at radius 2 is 1.87 bits per heavy atom. The highest BCUT2D eigenvalue weighted by Crippen LogP contribution is 2.35. The third-order valence-corrected chi connectivity index (χ3v) is 3.08. The monoisotopic (exact) mass is 214 g/mol. The third-order valence-electron chi connectivity index (χ3n) is 3.08. The van der Waals surface area contributed by atoms with E-state index in [9.17, 15) is 14.7 Å². The summed E-state index contributed by atoms with van der Waals surface area (Å²) in [5.41, 5.74) is -0.745. The van der Waals surface area contributed by atoms with Gasteiger partial charge in [0.25, 0.3) is 0 Å². The zero-order chi connectivity index (χ0) is 11.3. The molecule has 1 aliphatic carbocycles. The van der Waals surface area contributed by atoms with Crippen LogP contribution in [0.2, 0.25) is 0 Å². The van der Waals surface area contributed by atoms with Gasteiger partial charge in [0.05, 0.1) is 5.41 Å². The minimum Gasteiger partial charge on any atom is -0.481 e. The smallest absolute Gasteiger partial charge is 0.314 e. The van der Waals surface area contributed by atoms with Crippen molar-refractivity contribution in [1.82, 2.24) is 10.6 Å². The lowest BCUT2D eigenvalue weighted by Crippen LogP contribution is -2.46. The molecule has 0 aromatic heterocycles. The fourth-order valence-corrected chi connectivity index (χ4v) is 2.03. The van der Waals surface area contributed by atoms with Gasteiger partial charge in [0.15, 0.2) is 0 Å². The number of carbonyl (C=O) groups excluding carboxylic acids is 1. The van der Waals surface area contributed by atoms with Gasteiger partial charge in [-0.1, -0.05) is 19.3 Å². The number of hydrogen-bond acceptors (Lipinski definition) is 2. The number of carboxylic acid groups (broad SMARTS) is 1. The molecule has 5 heteroatoms. The van der Waals surface area contributed by atoms with Crippen LogP contribution >= 0.6 is 0 Å². The molecule has 0 aromatic rings. The summed E-state index contributed by atoms with van der Waals surface area (Å²) >= 11 is 0. The predicted octanol–water partition coefficient (Wildman–Crippen LogP) is 0.950. The summed E-state index contributed by atoms with van der Waals surface area (Å²) in [6.45, 7) is 0.224. The number of aliphatic carboxylic acids is 1. The van der Waals surface area contributed by atoms with Crippen molar-refractivity contribution in [3.63, 3.8) is 0 Å². The third kappa shape index (κ3) is 2.84. The van der Waals surface area contributed by atoms with E-state index in [4.69, 9.17) is 0 Å². The van der Waals surface area contributed by atoms with Crippen LogP contribution in [0.5, 0.6) is 0 Å². The zero-order valence-corrected chi connectivity index (χ0v) is 9.01. The van der Waals surface area contributed by atoms with Gasteiger partial charge in [0.2, 0.25) is 0 Å². The van der Waals surface area contributed by atoms with E-state index in [1.54, 1.807) is 0 Å². The number of carbonyl (C=O) groups is 2. The van der Waals surface area contributed by atoms with E-state index in [1.807, 2.05) is 0 Å². The molecule has 0 heterocycles. The summed E-state index contributed by atoms with van der Waals surface area (Å²) in [7, 11) is 1.52. The molecule has 3 N–H and O–H groups in total. The summed E-state index contributed by atoms with van der Waals surface area (Å²) in [5, 5.41) is 14.2. The lowest BCUT2D eigenvalue weighted by Gasteiger charge is -2.33. The minimum absolute atomic E-state index is 0.224. The second-order valence-electron chi connectivity index (χ2n) is 4.08. The Kier molecular flexibility index (Phi) is 3.94. The van der Waals surface area contributed by atoms with Crippen LogP contribution in [0, 0.1) is 5.41 Å². The minimum atomic E-state index is -0.793. The number of amides is 2. The van der Waals surface area contributed by atoms with Gasteiger partial charge in [-0.2, -0.15) is 0 Å². The molecule has 2 amide bonds. The SMILES string of the molecule is CNC(=O)NCC1(C(=O)O)CCCCC1. The Bertz CT molecular complexity index is 247. The van der Waals surface area contributed by atoms with Crippen molar-refractivity contribution in [1.29, 1.82) is 0 Å². The van der Waals surface area contributed by atoms with E-state index in [2.05, 4.69) is 10.6 Å². The Balaban J connectivity index is 2.57. The highest BCUT2D eigenvalue weighted by Gasteiger charge is 2.39. The van der Waals surface area contributed by atoms with Gasteiger partial charge in [0, 0.05) is 13.6 Å². The lowest BCUT2D eigenvalue weighted by molar-refractivity contribution is -0.150. The van der Waals surface area contributed by atoms with Crippen LogP contribution in [0.15, 0.2) is 0 Å². The van der Waals surface area contributed by atoms with E-state index >= 15 is 0 Å². The maximum Gasteiger partial charge on any atom is 0.314 e. The maximum atomic E-state index is 11.2. The molecule has 0 aliphatic heterocycles. The van der Waals surface area contributed by atoms with Gasteiger partial charge in [-0.25, -0.2) is 4.79 Å². The van der Waals surface area contributed by atoms with Crippen LogP contribution in [-0.4, -0.2) is 30.7 Å². The molecule has 0 atom stereocenters. The Hall–Kier alpha value is -1.26. The van der Waals surface area contributed by atoms with Crippen molar-refractivity contribution < 1.29 is 14.7 Å². The molecule has 1 saturated carbocycles. The Morgan fingerprint density at radius 1 is 1.27 bits per heavy atom. The van der Waals surface area contributed by atoms with Crippen LogP contribution < -0.4 is 10.6 Å². The molecule has 0 unspecified atom stereocenters. The molecule has 0 saturated heterocycles. The predicted molar refractivity (Wildman–Crippen MR) is 55.6 cm³/mol. The van der Waals surface area contributed by atoms with Crippen molar-refractivity contribution >= 4 is 12.0 Å². The summed E-state index contributed by atoms with van der Waals surface area (Å²) < 4.78 is 0. The summed E-state index contributed by atoms with van der Waals surface area (Å²) in [6, 6.07) is -0.318. The highest BCUT2D eigenvalue weighted by molar-refractivity contribution is 5.78. The van der Waals surface area contributed by atoms with Gasteiger partial charge in [0.1, 0.15) is 0 Å². The van der Waals surface area contributed by atoms with Crippen molar-refractivity contribution in [2.24, 2.45) is 5.41 Å². The van der Waals surface area contributed by atoms with Crippen LogP contribution in [0.1, 0.15) is 32.1 Å². The first kappa shape index (κ1) is 11.8. The van der Waals surface area contributed by atoms with Crippen LogP contribution in [0.3, 0.4) is 0 Å². The van der Waals surface area contributed by atoms with Crippen LogP contribution in [0.4, 0.5) is 4.79 Å². The quantitative estimate of drug-likeness (QED) is 0.654. The number of nitrogens with one attached hydrogen (secondary N) is 2. The van der Waals surface area contributed by atoms with E-state index in [0.717, 1.165) is 19.3 Å². The molecule has 1 rings (SSSR count). The second kappa shape index (κ2) is 5.00. The first-order valence-corrected chi connectivity index (χ1v) is 5.30. The average molecular weight is 214 g/mol. The normalized spacial score (nSPS) is 19.3. The maximum absolute atomic E-state index is 11.2. The van der Waals surface area contributed by atoms with Gasteiger partial charge < -0.3 is 15.7 Å². The number of hydrogen-bond donors (Lipinski definition) is 3. The standard InChI is InChI=1S/C10H18N2O3/c1-11-9(15)12-7-10(8(13)14)5-3-2-4-6-10/h2-7H2,1H3,(H,13,14)(H2,11,12,15). The number of urea groups is 1. The topological polar surface area (TPSA) is 78.4 Å². The largest absolute Gasteiger partial charge is 0.481 e. The van der Waals surface area contributed by atoms with Gasteiger partial charge in [-0.05, 0) is 12.8 Å². The molecule has 15 heavy (non-hydrogen) atoms. The fourth-order valence-electron chi connectivity index (χ4n) is 2.03. The fraction of sp³-hybridized carbons (Fsp3) is 0.800. The first-order chi connectivity index (χ1) is 7.10. The molecule has 1 aliphatic rings. The lowest BCUT2D eigenvalue weighted by atomic mass is 9.74. The Morgan fingerprint density at radius 3 is 2.33 bits per heavy atom. The second-order valence-corrected chi connectivity index (χ2v) is 4.08. The van der Waals surface area contributed by atoms with Crippen molar-refractivity contribution in [3.05, 3.63) is 0 Å². The molecular weight excluding hydrogens is 196 g/mol. The number of rotatable bonds is 3. The summed E-state index contributed by atoms with van der Waals surface area (Å²) in [5.74, 6) is -0.793. The van der Waals surface area contributed by atoms with Gasteiger partial charge in [-0.15, -0.1) is 0 Å². The molecule has 0 bridgehead atoms. The zero-order valence-electron chi connectivity index (χ0n) is 9.01. The molecule has 1 fully saturated rings. The summed E-state index contributed by atoms with van der Waals surface area (Å²) in [6.07, 6.45) is 4.27. The number of carboxylic acids is 1. The highest BCUT2D eigenvalue weighted by atomic mass is 16.4. The molecule has 0 aromatic carbocycles. The van der Waals surface area contributed by atoms with E-state index < -0.39 is 11.4 Å². The van der Waals surface area contributed by atoms with Gasteiger partial charge in [-0.3, -0.25) is 4.79 Å². The van der Waals surface area contributed by atoms with E-state index in [0.29, 0.717) is 12.8 Å². The van der Waals surface area contributed by atoms with Crippen molar-refractivity contribution in [2.75, 3.05) is 13.6 Å². The molecule has 86 valence electrons. The van der Waals surface area contributed by atoms with E-state index in [1.165, 1.54) is 7.05 Å². The van der Waals surface area contributed by atoms with Crippen LogP contribution in [-0.2, 0) is 4.79 Å². The molecule has 0 radical (unpaired) electrons. The van der Waals surface area contributed by atoms with E-state index in [-0.39, 0.29) is 12.6 Å². The van der Waals surface area contributed by atoms with Crippen molar-refractivity contribution in [3.8, 4) is 0 Å². The molecule has 5 nitrogen and oxygen atoms in total. The Labute approximate surface area is 89.2 Å².